The van der Waals surface area contributed by atoms with E-state index in [4.69, 9.17) is 0 Å². The molecule has 0 aliphatic carbocycles. The van der Waals surface area contributed by atoms with Crippen molar-refractivity contribution in [2.75, 3.05) is 6.54 Å². The van der Waals surface area contributed by atoms with Crippen LogP contribution in [0, 0.1) is 11.6 Å². The Bertz CT molecular complexity index is 975. The maximum atomic E-state index is 13.3. The molecule has 0 spiro atoms. The summed E-state index contributed by atoms with van der Waals surface area (Å²) in [7, 11) is 1.82. The topological polar surface area (TPSA) is 46.9 Å². The highest BCUT2D eigenvalue weighted by atomic mass is 19.1. The summed E-state index contributed by atoms with van der Waals surface area (Å²) >= 11 is 0. The number of imidazole rings is 1. The zero-order chi connectivity index (χ0) is 18.7. The number of amides is 1. The Kier molecular flexibility index (Phi) is 5.11. The summed E-state index contributed by atoms with van der Waals surface area (Å²) in [4.78, 5) is 16.5. The van der Waals surface area contributed by atoms with Crippen LogP contribution in [0.1, 0.15) is 18.3 Å². The van der Waals surface area contributed by atoms with Gasteiger partial charge in [-0.15, -0.1) is 0 Å². The molecule has 1 amide bonds. The molecule has 0 radical (unpaired) electrons. The Morgan fingerprint density at radius 3 is 2.58 bits per heavy atom. The molecule has 4 nitrogen and oxygen atoms in total. The van der Waals surface area contributed by atoms with E-state index in [2.05, 4.69) is 10.3 Å². The van der Waals surface area contributed by atoms with Gasteiger partial charge in [-0.05, 0) is 48.4 Å². The highest BCUT2D eigenvalue weighted by molar-refractivity contribution is 5.94. The van der Waals surface area contributed by atoms with E-state index < -0.39 is 0 Å². The lowest BCUT2D eigenvalue weighted by Gasteiger charge is -2.05. The number of carbonyl (C=O) groups is 1. The van der Waals surface area contributed by atoms with Crippen LogP contribution in [0.2, 0.25) is 0 Å². The van der Waals surface area contributed by atoms with E-state index in [1.54, 1.807) is 25.1 Å². The van der Waals surface area contributed by atoms with Gasteiger partial charge in [0.1, 0.15) is 17.5 Å². The third-order valence-corrected chi connectivity index (χ3v) is 4.23. The molecule has 26 heavy (non-hydrogen) atoms. The smallest absolute Gasteiger partial charge is 0.244 e. The fourth-order valence-electron chi connectivity index (χ4n) is 2.78. The Balaban J connectivity index is 1.61. The van der Waals surface area contributed by atoms with Crippen molar-refractivity contribution in [3.63, 3.8) is 0 Å². The Morgan fingerprint density at radius 1 is 1.15 bits per heavy atom. The van der Waals surface area contributed by atoms with Crippen molar-refractivity contribution in [1.29, 1.82) is 0 Å². The van der Waals surface area contributed by atoms with E-state index in [0.717, 1.165) is 28.0 Å². The Hall–Kier alpha value is -3.02. The molecule has 1 heterocycles. The standard InChI is InChI=1S/C20H19F2N3O/c1-13(14-3-5-15(21)6-4-14)11-20(26)23-10-9-19-24-17-8-7-16(22)12-18(17)25(19)2/h3-8,11-12H,9-10H2,1-2H3,(H,23,26)/b13-11-. The summed E-state index contributed by atoms with van der Waals surface area (Å²) in [5.74, 6) is -0.0723. The number of fused-ring (bicyclic) bond motifs is 1. The number of benzene rings is 2. The summed E-state index contributed by atoms with van der Waals surface area (Å²) in [6, 6.07) is 10.4. The molecule has 6 heteroatoms. The van der Waals surface area contributed by atoms with Crippen molar-refractivity contribution < 1.29 is 13.6 Å². The minimum absolute atomic E-state index is 0.225. The summed E-state index contributed by atoms with van der Waals surface area (Å²) in [5.41, 5.74) is 2.99. The van der Waals surface area contributed by atoms with Crippen LogP contribution in [0.3, 0.4) is 0 Å². The van der Waals surface area contributed by atoms with Crippen LogP contribution in [-0.2, 0) is 18.3 Å². The number of halogens is 2. The second-order valence-electron chi connectivity index (χ2n) is 6.10. The van der Waals surface area contributed by atoms with Crippen LogP contribution in [-0.4, -0.2) is 22.0 Å². The number of aromatic nitrogens is 2. The van der Waals surface area contributed by atoms with Crippen LogP contribution in [0.5, 0.6) is 0 Å². The van der Waals surface area contributed by atoms with E-state index in [0.29, 0.717) is 13.0 Å². The van der Waals surface area contributed by atoms with E-state index in [9.17, 15) is 13.6 Å². The number of hydrogen-bond donors (Lipinski definition) is 1. The Labute approximate surface area is 150 Å². The highest BCUT2D eigenvalue weighted by Crippen LogP contribution is 2.16. The predicted molar refractivity (Wildman–Crippen MR) is 97.4 cm³/mol. The third-order valence-electron chi connectivity index (χ3n) is 4.23. The van der Waals surface area contributed by atoms with Gasteiger partial charge in [-0.2, -0.15) is 0 Å². The molecule has 0 unspecified atom stereocenters. The molecule has 1 N–H and O–H groups in total. The number of allylic oxidation sites excluding steroid dienone is 1. The van der Waals surface area contributed by atoms with Gasteiger partial charge in [0.05, 0.1) is 11.0 Å². The fourth-order valence-corrected chi connectivity index (χ4v) is 2.78. The molecule has 3 aromatic rings. The van der Waals surface area contributed by atoms with Gasteiger partial charge < -0.3 is 9.88 Å². The normalized spacial score (nSPS) is 11.8. The number of aryl methyl sites for hydroxylation is 1. The van der Waals surface area contributed by atoms with Crippen molar-refractivity contribution in [1.82, 2.24) is 14.9 Å². The zero-order valence-corrected chi connectivity index (χ0v) is 14.6. The van der Waals surface area contributed by atoms with Gasteiger partial charge in [-0.3, -0.25) is 4.79 Å². The Morgan fingerprint density at radius 2 is 1.85 bits per heavy atom. The predicted octanol–water partition coefficient (Wildman–Crippen LogP) is 3.61. The number of nitrogens with one attached hydrogen (secondary N) is 1. The van der Waals surface area contributed by atoms with Gasteiger partial charge in [-0.1, -0.05) is 12.1 Å². The third kappa shape index (κ3) is 3.96. The van der Waals surface area contributed by atoms with E-state index >= 15 is 0 Å². The van der Waals surface area contributed by atoms with Gasteiger partial charge in [0.25, 0.3) is 0 Å². The average molecular weight is 355 g/mol. The quantitative estimate of drug-likeness (QED) is 0.711. The van der Waals surface area contributed by atoms with Crippen molar-refractivity contribution in [2.24, 2.45) is 7.05 Å². The fraction of sp³-hybridized carbons (Fsp3) is 0.200. The zero-order valence-electron chi connectivity index (χ0n) is 14.6. The summed E-state index contributed by atoms with van der Waals surface area (Å²) in [6.45, 7) is 2.21. The number of nitrogens with zero attached hydrogens (tertiary/aromatic N) is 2. The summed E-state index contributed by atoms with van der Waals surface area (Å²) < 4.78 is 28.1. The molecular weight excluding hydrogens is 336 g/mol. The summed E-state index contributed by atoms with van der Waals surface area (Å²) in [6.07, 6.45) is 2.01. The van der Waals surface area contributed by atoms with E-state index in [1.165, 1.54) is 30.3 Å². The van der Waals surface area contributed by atoms with Crippen LogP contribution >= 0.6 is 0 Å². The van der Waals surface area contributed by atoms with Crippen LogP contribution in [0.25, 0.3) is 16.6 Å². The molecular formula is C20H19F2N3O. The van der Waals surface area contributed by atoms with Crippen LogP contribution in [0.4, 0.5) is 8.78 Å². The van der Waals surface area contributed by atoms with Crippen molar-refractivity contribution in [2.45, 2.75) is 13.3 Å². The minimum atomic E-state index is -0.312. The molecule has 0 saturated heterocycles. The second-order valence-corrected chi connectivity index (χ2v) is 6.10. The molecule has 2 aromatic carbocycles. The average Bonchev–Trinajstić information content (AvgIpc) is 2.91. The second kappa shape index (κ2) is 7.47. The molecule has 3 rings (SSSR count). The lowest BCUT2D eigenvalue weighted by molar-refractivity contribution is -0.116. The monoisotopic (exact) mass is 355 g/mol. The first-order valence-corrected chi connectivity index (χ1v) is 8.27. The van der Waals surface area contributed by atoms with Gasteiger partial charge >= 0.3 is 0 Å². The van der Waals surface area contributed by atoms with Gasteiger partial charge in [-0.25, -0.2) is 13.8 Å². The number of carbonyl (C=O) groups excluding carboxylic acids is 1. The molecule has 0 aliphatic heterocycles. The number of hydrogen-bond acceptors (Lipinski definition) is 2. The lowest BCUT2D eigenvalue weighted by atomic mass is 10.1. The number of rotatable bonds is 5. The van der Waals surface area contributed by atoms with Gasteiger partial charge in [0.15, 0.2) is 0 Å². The SMILES string of the molecule is C/C(=C/C(=O)NCCc1nc2ccc(F)cc2n1C)c1ccc(F)cc1. The maximum absolute atomic E-state index is 13.3. The molecule has 0 atom stereocenters. The van der Waals surface area contributed by atoms with Crippen molar-refractivity contribution in [3.8, 4) is 0 Å². The van der Waals surface area contributed by atoms with Crippen molar-refractivity contribution >= 4 is 22.5 Å². The van der Waals surface area contributed by atoms with Crippen LogP contribution in [0.15, 0.2) is 48.5 Å². The first-order chi connectivity index (χ1) is 12.4. The summed E-state index contributed by atoms with van der Waals surface area (Å²) in [5, 5.41) is 2.81. The molecule has 0 bridgehead atoms. The lowest BCUT2D eigenvalue weighted by Crippen LogP contribution is -2.24. The first kappa shape index (κ1) is 17.8. The van der Waals surface area contributed by atoms with E-state index in [1.807, 2.05) is 11.6 Å². The highest BCUT2D eigenvalue weighted by Gasteiger charge is 2.09. The van der Waals surface area contributed by atoms with E-state index in [-0.39, 0.29) is 17.5 Å². The maximum Gasteiger partial charge on any atom is 0.244 e. The largest absolute Gasteiger partial charge is 0.352 e. The molecule has 0 fully saturated rings. The molecule has 0 saturated carbocycles. The van der Waals surface area contributed by atoms with Crippen LogP contribution < -0.4 is 5.32 Å². The van der Waals surface area contributed by atoms with Gasteiger partial charge in [0.2, 0.25) is 5.91 Å². The van der Waals surface area contributed by atoms with Crippen molar-refractivity contribution in [3.05, 3.63) is 71.6 Å². The van der Waals surface area contributed by atoms with Gasteiger partial charge in [0, 0.05) is 26.1 Å². The first-order valence-electron chi connectivity index (χ1n) is 8.27. The molecule has 1 aromatic heterocycles. The molecule has 134 valence electrons. The molecule has 0 aliphatic rings. The minimum Gasteiger partial charge on any atom is -0.352 e.